The molecule has 3 heteroatoms. The number of hydrogen-bond acceptors (Lipinski definition) is 3. The monoisotopic (exact) mass is 129 g/mol. The van der Waals surface area contributed by atoms with Gasteiger partial charge >= 0.3 is 0 Å². The number of rotatable bonds is 5. The van der Waals surface area contributed by atoms with Crippen molar-refractivity contribution in [3.8, 4) is 6.07 Å². The van der Waals surface area contributed by atoms with Gasteiger partial charge < -0.3 is 9.84 Å². The van der Waals surface area contributed by atoms with Crippen LogP contribution in [0.25, 0.3) is 0 Å². The van der Waals surface area contributed by atoms with Crippen LogP contribution in [0.2, 0.25) is 0 Å². The predicted molar refractivity (Wildman–Crippen MR) is 32.8 cm³/mol. The summed E-state index contributed by atoms with van der Waals surface area (Å²) in [7, 11) is 0. The van der Waals surface area contributed by atoms with E-state index in [1.54, 1.807) is 0 Å². The van der Waals surface area contributed by atoms with Crippen molar-refractivity contribution in [3.63, 3.8) is 0 Å². The quantitative estimate of drug-likeness (QED) is 0.543. The second-order valence-electron chi connectivity index (χ2n) is 1.60. The molecule has 0 aliphatic rings. The summed E-state index contributed by atoms with van der Waals surface area (Å²) in [5, 5.41) is 16.3. The van der Waals surface area contributed by atoms with Crippen molar-refractivity contribution < 1.29 is 9.84 Å². The van der Waals surface area contributed by atoms with Gasteiger partial charge in [-0.25, -0.2) is 0 Å². The van der Waals surface area contributed by atoms with Gasteiger partial charge in [0.05, 0.1) is 19.1 Å². The molecular formula is C6H11NO2. The van der Waals surface area contributed by atoms with Crippen LogP contribution >= 0.6 is 0 Å². The van der Waals surface area contributed by atoms with Gasteiger partial charge in [0, 0.05) is 13.2 Å². The van der Waals surface area contributed by atoms with Crippen molar-refractivity contribution in [1.82, 2.24) is 0 Å². The molecule has 0 aromatic carbocycles. The first-order valence-corrected chi connectivity index (χ1v) is 2.97. The van der Waals surface area contributed by atoms with Crippen LogP contribution in [0.1, 0.15) is 12.8 Å². The Morgan fingerprint density at radius 2 is 2.22 bits per heavy atom. The van der Waals surface area contributed by atoms with Crippen LogP contribution in [0.3, 0.4) is 0 Å². The van der Waals surface area contributed by atoms with Crippen LogP contribution < -0.4 is 0 Å². The van der Waals surface area contributed by atoms with Crippen molar-refractivity contribution in [2.24, 2.45) is 0 Å². The summed E-state index contributed by atoms with van der Waals surface area (Å²) in [6, 6.07) is 1.96. The van der Waals surface area contributed by atoms with Gasteiger partial charge in [0.15, 0.2) is 0 Å². The van der Waals surface area contributed by atoms with E-state index in [2.05, 4.69) is 0 Å². The lowest BCUT2D eigenvalue weighted by atomic mass is 10.5. The Morgan fingerprint density at radius 1 is 1.44 bits per heavy atom. The van der Waals surface area contributed by atoms with Crippen molar-refractivity contribution in [2.45, 2.75) is 12.8 Å². The van der Waals surface area contributed by atoms with Gasteiger partial charge in [-0.2, -0.15) is 5.26 Å². The highest BCUT2D eigenvalue weighted by molar-refractivity contribution is 4.66. The van der Waals surface area contributed by atoms with Gasteiger partial charge in [-0.3, -0.25) is 0 Å². The molecular weight excluding hydrogens is 118 g/mol. The van der Waals surface area contributed by atoms with Crippen molar-refractivity contribution in [3.05, 3.63) is 0 Å². The molecule has 0 fully saturated rings. The zero-order valence-corrected chi connectivity index (χ0v) is 5.34. The first-order chi connectivity index (χ1) is 4.41. The van der Waals surface area contributed by atoms with Gasteiger partial charge in [0.2, 0.25) is 0 Å². The maximum atomic E-state index is 8.28. The molecule has 0 bridgehead atoms. The van der Waals surface area contributed by atoms with E-state index in [0.29, 0.717) is 26.1 Å². The van der Waals surface area contributed by atoms with Gasteiger partial charge in [-0.15, -0.1) is 0 Å². The number of aliphatic hydroxyl groups excluding tert-OH is 1. The normalized spacial score (nSPS) is 8.89. The lowest BCUT2D eigenvalue weighted by Crippen LogP contribution is -1.97. The molecule has 0 atom stereocenters. The van der Waals surface area contributed by atoms with Crippen molar-refractivity contribution >= 4 is 0 Å². The summed E-state index contributed by atoms with van der Waals surface area (Å²) < 4.78 is 4.93. The van der Waals surface area contributed by atoms with E-state index in [9.17, 15) is 0 Å². The smallest absolute Gasteiger partial charge is 0.0645 e. The Morgan fingerprint density at radius 3 is 2.78 bits per heavy atom. The van der Waals surface area contributed by atoms with E-state index in [-0.39, 0.29) is 6.61 Å². The third-order valence-corrected chi connectivity index (χ3v) is 0.805. The first-order valence-electron chi connectivity index (χ1n) is 2.97. The molecule has 0 rings (SSSR count). The Kier molecular flexibility index (Phi) is 6.92. The van der Waals surface area contributed by atoms with E-state index >= 15 is 0 Å². The molecule has 0 amide bonds. The second-order valence-corrected chi connectivity index (χ2v) is 1.60. The van der Waals surface area contributed by atoms with E-state index in [0.717, 1.165) is 0 Å². The minimum absolute atomic E-state index is 0.159. The van der Waals surface area contributed by atoms with E-state index in [1.165, 1.54) is 0 Å². The zero-order chi connectivity index (χ0) is 6.95. The molecule has 0 aliphatic heterocycles. The van der Waals surface area contributed by atoms with Gasteiger partial charge in [0.25, 0.3) is 0 Å². The minimum atomic E-state index is 0.159. The fourth-order valence-corrected chi connectivity index (χ4v) is 0.386. The standard InChI is InChI=1S/C6H11NO2/c7-3-1-5-9-6-2-4-8/h8H,1-2,4-6H2. The number of aliphatic hydroxyl groups is 1. The topological polar surface area (TPSA) is 53.2 Å². The van der Waals surface area contributed by atoms with Crippen LogP contribution in [-0.4, -0.2) is 24.9 Å². The van der Waals surface area contributed by atoms with E-state index < -0.39 is 0 Å². The number of hydrogen-bond donors (Lipinski definition) is 1. The zero-order valence-electron chi connectivity index (χ0n) is 5.34. The molecule has 0 saturated heterocycles. The predicted octanol–water partition coefficient (Wildman–Crippen LogP) is 0.299. The SMILES string of the molecule is N#CCCOCCCO. The molecule has 52 valence electrons. The molecule has 0 aromatic rings. The second kappa shape index (κ2) is 7.41. The Hall–Kier alpha value is -0.590. The summed E-state index contributed by atoms with van der Waals surface area (Å²) in [5.41, 5.74) is 0. The minimum Gasteiger partial charge on any atom is -0.396 e. The molecule has 0 unspecified atom stereocenters. The molecule has 0 spiro atoms. The lowest BCUT2D eigenvalue weighted by molar-refractivity contribution is 0.120. The highest BCUT2D eigenvalue weighted by atomic mass is 16.5. The Labute approximate surface area is 54.9 Å². The molecule has 0 radical (unpaired) electrons. The van der Waals surface area contributed by atoms with Crippen LogP contribution in [0, 0.1) is 11.3 Å². The highest BCUT2D eigenvalue weighted by Gasteiger charge is 1.84. The largest absolute Gasteiger partial charge is 0.396 e. The summed E-state index contributed by atoms with van der Waals surface area (Å²) in [4.78, 5) is 0. The number of nitriles is 1. The average Bonchev–Trinajstić information content (AvgIpc) is 1.89. The van der Waals surface area contributed by atoms with Crippen LogP contribution in [0.15, 0.2) is 0 Å². The van der Waals surface area contributed by atoms with Crippen molar-refractivity contribution in [2.75, 3.05) is 19.8 Å². The third-order valence-electron chi connectivity index (χ3n) is 0.805. The summed E-state index contributed by atoms with van der Waals surface area (Å²) >= 11 is 0. The summed E-state index contributed by atoms with van der Waals surface area (Å²) in [6.07, 6.45) is 1.09. The van der Waals surface area contributed by atoms with Gasteiger partial charge in [-0.1, -0.05) is 0 Å². The summed E-state index contributed by atoms with van der Waals surface area (Å²) in [6.45, 7) is 1.20. The fraction of sp³-hybridized carbons (Fsp3) is 0.833. The molecule has 0 saturated carbocycles. The van der Waals surface area contributed by atoms with E-state index in [4.69, 9.17) is 15.1 Å². The van der Waals surface area contributed by atoms with Crippen molar-refractivity contribution in [1.29, 1.82) is 5.26 Å². The first kappa shape index (κ1) is 8.41. The number of nitrogens with zero attached hydrogens (tertiary/aromatic N) is 1. The van der Waals surface area contributed by atoms with E-state index in [1.807, 2.05) is 6.07 Å². The average molecular weight is 129 g/mol. The molecule has 3 nitrogen and oxygen atoms in total. The molecule has 1 N–H and O–H groups in total. The number of ether oxygens (including phenoxy) is 1. The van der Waals surface area contributed by atoms with Gasteiger partial charge in [0.1, 0.15) is 0 Å². The Balaban J connectivity index is 2.69. The van der Waals surface area contributed by atoms with Crippen LogP contribution in [0.4, 0.5) is 0 Å². The van der Waals surface area contributed by atoms with Crippen LogP contribution in [0.5, 0.6) is 0 Å². The molecule has 0 aliphatic carbocycles. The Bertz CT molecular complexity index is 87.5. The maximum Gasteiger partial charge on any atom is 0.0645 e. The molecule has 0 heterocycles. The maximum absolute atomic E-state index is 8.28. The highest BCUT2D eigenvalue weighted by Crippen LogP contribution is 1.82. The molecule has 9 heavy (non-hydrogen) atoms. The summed E-state index contributed by atoms with van der Waals surface area (Å²) in [5.74, 6) is 0. The van der Waals surface area contributed by atoms with Crippen LogP contribution in [-0.2, 0) is 4.74 Å². The fourth-order valence-electron chi connectivity index (χ4n) is 0.386. The molecule has 0 aromatic heterocycles. The van der Waals surface area contributed by atoms with Gasteiger partial charge in [-0.05, 0) is 6.42 Å². The lowest BCUT2D eigenvalue weighted by Gasteiger charge is -1.96. The third kappa shape index (κ3) is 7.41.